The molecular weight excluding hydrogens is 362 g/mol. The Hall–Kier alpha value is -2.33. The summed E-state index contributed by atoms with van der Waals surface area (Å²) in [7, 11) is -2.18. The first-order valence-corrected chi connectivity index (χ1v) is 10.2. The van der Waals surface area contributed by atoms with Gasteiger partial charge in [-0.25, -0.2) is 17.8 Å². The van der Waals surface area contributed by atoms with Crippen LogP contribution in [0.2, 0.25) is 0 Å². The zero-order valence-electron chi connectivity index (χ0n) is 13.9. The molecule has 0 atom stereocenters. The Kier molecular flexibility index (Phi) is 4.82. The Morgan fingerprint density at radius 2 is 2.12 bits per heavy atom. The average molecular weight is 379 g/mol. The minimum absolute atomic E-state index is 0.0257. The second-order valence-electron chi connectivity index (χ2n) is 5.05. The van der Waals surface area contributed by atoms with Crippen LogP contribution in [0.1, 0.15) is 6.92 Å². The first kappa shape index (κ1) is 17.5. The van der Waals surface area contributed by atoms with Gasteiger partial charge in [0.1, 0.15) is 11.3 Å². The van der Waals surface area contributed by atoms with Gasteiger partial charge in [0.2, 0.25) is 0 Å². The van der Waals surface area contributed by atoms with Gasteiger partial charge >= 0.3 is 0 Å². The maximum atomic E-state index is 12.8. The van der Waals surface area contributed by atoms with Gasteiger partial charge in [-0.2, -0.15) is 4.98 Å². The SMILES string of the molecule is CCOc1ccc(S(=O)(=O)Nc2nc(SC)n(C)n2)c2cccnc12. The van der Waals surface area contributed by atoms with Gasteiger partial charge < -0.3 is 4.74 Å². The number of thioether (sulfide) groups is 1. The number of nitrogens with zero attached hydrogens (tertiary/aromatic N) is 4. The van der Waals surface area contributed by atoms with Gasteiger partial charge in [-0.3, -0.25) is 4.98 Å². The van der Waals surface area contributed by atoms with Crippen molar-refractivity contribution in [3.8, 4) is 5.75 Å². The van der Waals surface area contributed by atoms with Gasteiger partial charge in [-0.15, -0.1) is 5.10 Å². The number of anilines is 1. The van der Waals surface area contributed by atoms with Gasteiger partial charge in [0.05, 0.1) is 11.5 Å². The van der Waals surface area contributed by atoms with Crippen molar-refractivity contribution in [3.63, 3.8) is 0 Å². The highest BCUT2D eigenvalue weighted by Crippen LogP contribution is 2.30. The van der Waals surface area contributed by atoms with Gasteiger partial charge in [0.15, 0.2) is 5.16 Å². The van der Waals surface area contributed by atoms with Gasteiger partial charge in [0.25, 0.3) is 16.0 Å². The Bertz CT molecular complexity index is 1020. The maximum absolute atomic E-state index is 12.8. The minimum Gasteiger partial charge on any atom is -0.492 e. The van der Waals surface area contributed by atoms with Crippen LogP contribution in [0.5, 0.6) is 5.75 Å². The molecule has 0 spiro atoms. The molecule has 3 rings (SSSR count). The van der Waals surface area contributed by atoms with E-state index in [1.807, 2.05) is 13.2 Å². The number of ether oxygens (including phenoxy) is 1. The van der Waals surface area contributed by atoms with E-state index in [2.05, 4.69) is 19.8 Å². The number of rotatable bonds is 6. The van der Waals surface area contributed by atoms with Crippen LogP contribution >= 0.6 is 11.8 Å². The first-order chi connectivity index (χ1) is 12.0. The molecule has 0 aliphatic carbocycles. The fraction of sp³-hybridized carbons (Fsp3) is 0.267. The monoisotopic (exact) mass is 379 g/mol. The fourth-order valence-corrected chi connectivity index (χ4v) is 4.01. The molecule has 0 amide bonds. The molecular formula is C15H17N5O3S2. The number of pyridine rings is 1. The Morgan fingerprint density at radius 3 is 2.80 bits per heavy atom. The molecule has 0 fully saturated rings. The molecule has 0 aliphatic rings. The Balaban J connectivity index is 2.06. The van der Waals surface area contributed by atoms with E-state index in [0.717, 1.165) is 0 Å². The van der Waals surface area contributed by atoms with E-state index in [4.69, 9.17) is 4.74 Å². The van der Waals surface area contributed by atoms with E-state index in [-0.39, 0.29) is 10.8 Å². The zero-order valence-corrected chi connectivity index (χ0v) is 15.6. The number of aromatic nitrogens is 4. The smallest absolute Gasteiger partial charge is 0.264 e. The minimum atomic E-state index is -3.88. The molecule has 10 heteroatoms. The van der Waals surface area contributed by atoms with Crippen molar-refractivity contribution in [1.29, 1.82) is 0 Å². The number of nitrogens with one attached hydrogen (secondary N) is 1. The quantitative estimate of drug-likeness (QED) is 0.656. The van der Waals surface area contributed by atoms with Crippen LogP contribution in [0.3, 0.4) is 0 Å². The van der Waals surface area contributed by atoms with Gasteiger partial charge in [-0.1, -0.05) is 11.8 Å². The number of aryl methyl sites for hydroxylation is 1. The molecule has 1 aromatic carbocycles. The normalized spacial score (nSPS) is 11.6. The molecule has 0 aliphatic heterocycles. The van der Waals surface area contributed by atoms with Crippen molar-refractivity contribution in [2.24, 2.45) is 7.05 Å². The second-order valence-corrected chi connectivity index (χ2v) is 7.47. The molecule has 0 saturated heterocycles. The average Bonchev–Trinajstić information content (AvgIpc) is 2.93. The fourth-order valence-electron chi connectivity index (χ4n) is 2.39. The van der Waals surface area contributed by atoms with Crippen LogP contribution in [0.4, 0.5) is 5.95 Å². The van der Waals surface area contributed by atoms with Crippen molar-refractivity contribution in [1.82, 2.24) is 19.7 Å². The third kappa shape index (κ3) is 3.40. The molecule has 0 saturated carbocycles. The topological polar surface area (TPSA) is 99.0 Å². The van der Waals surface area contributed by atoms with Crippen LogP contribution in [0.25, 0.3) is 10.9 Å². The van der Waals surface area contributed by atoms with Gasteiger partial charge in [0, 0.05) is 18.6 Å². The lowest BCUT2D eigenvalue weighted by molar-refractivity contribution is 0.343. The summed E-state index contributed by atoms with van der Waals surface area (Å²) in [4.78, 5) is 8.50. The van der Waals surface area contributed by atoms with Crippen molar-refractivity contribution >= 4 is 38.6 Å². The number of hydrogen-bond acceptors (Lipinski definition) is 7. The molecule has 0 radical (unpaired) electrons. The molecule has 1 N–H and O–H groups in total. The summed E-state index contributed by atoms with van der Waals surface area (Å²) < 4.78 is 35.1. The highest BCUT2D eigenvalue weighted by molar-refractivity contribution is 7.98. The van der Waals surface area contributed by atoms with Crippen molar-refractivity contribution in [2.45, 2.75) is 17.0 Å². The predicted octanol–water partition coefficient (Wildman–Crippen LogP) is 2.28. The summed E-state index contributed by atoms with van der Waals surface area (Å²) in [6.45, 7) is 2.32. The summed E-state index contributed by atoms with van der Waals surface area (Å²) in [6, 6.07) is 6.48. The molecule has 3 aromatic rings. The van der Waals surface area contributed by atoms with Gasteiger partial charge in [-0.05, 0) is 37.4 Å². The largest absolute Gasteiger partial charge is 0.492 e. The number of sulfonamides is 1. The highest BCUT2D eigenvalue weighted by atomic mass is 32.2. The number of fused-ring (bicyclic) bond motifs is 1. The standard InChI is InChI=1S/C15H17N5O3S2/c1-4-23-11-7-8-12(10-6-5-9-16-13(10)11)25(21,22)19-14-17-15(24-3)20(2)18-14/h5-9H,4H2,1-3H3,(H,18,19). The first-order valence-electron chi connectivity index (χ1n) is 7.44. The van der Waals surface area contributed by atoms with Crippen molar-refractivity contribution in [2.75, 3.05) is 17.6 Å². The zero-order chi connectivity index (χ0) is 18.0. The Labute approximate surface area is 149 Å². The molecule has 8 nitrogen and oxygen atoms in total. The summed E-state index contributed by atoms with van der Waals surface area (Å²) in [5.41, 5.74) is 0.492. The molecule has 2 heterocycles. The maximum Gasteiger partial charge on any atom is 0.264 e. The lowest BCUT2D eigenvalue weighted by Gasteiger charge is -2.11. The third-order valence-electron chi connectivity index (χ3n) is 3.41. The summed E-state index contributed by atoms with van der Waals surface area (Å²) in [6.07, 6.45) is 3.44. The molecule has 0 bridgehead atoms. The number of hydrogen-bond donors (Lipinski definition) is 1. The lowest BCUT2D eigenvalue weighted by atomic mass is 10.2. The van der Waals surface area contributed by atoms with Crippen molar-refractivity contribution in [3.05, 3.63) is 30.5 Å². The molecule has 25 heavy (non-hydrogen) atoms. The van der Waals surface area contributed by atoms with Crippen LogP contribution < -0.4 is 9.46 Å². The van der Waals surface area contributed by atoms with E-state index in [1.165, 1.54) is 22.5 Å². The second kappa shape index (κ2) is 6.89. The van der Waals surface area contributed by atoms with Crippen LogP contribution in [-0.4, -0.2) is 41.0 Å². The molecule has 2 aromatic heterocycles. The summed E-state index contributed by atoms with van der Waals surface area (Å²) in [5.74, 6) is 0.565. The van der Waals surface area contributed by atoms with Crippen LogP contribution in [-0.2, 0) is 17.1 Å². The predicted molar refractivity (Wildman–Crippen MR) is 96.5 cm³/mol. The third-order valence-corrected chi connectivity index (χ3v) is 5.52. The lowest BCUT2D eigenvalue weighted by Crippen LogP contribution is -2.15. The number of benzene rings is 1. The Morgan fingerprint density at radius 1 is 1.32 bits per heavy atom. The van der Waals surface area contributed by atoms with E-state index in [9.17, 15) is 8.42 Å². The van der Waals surface area contributed by atoms with E-state index in [0.29, 0.717) is 28.4 Å². The van der Waals surface area contributed by atoms with Crippen LogP contribution in [0.15, 0.2) is 40.5 Å². The van der Waals surface area contributed by atoms with Crippen LogP contribution in [0, 0.1) is 0 Å². The molecule has 0 unspecified atom stereocenters. The van der Waals surface area contributed by atoms with Crippen molar-refractivity contribution < 1.29 is 13.2 Å². The van der Waals surface area contributed by atoms with E-state index in [1.54, 1.807) is 31.4 Å². The highest BCUT2D eigenvalue weighted by Gasteiger charge is 2.22. The molecule has 132 valence electrons. The summed E-state index contributed by atoms with van der Waals surface area (Å²) >= 11 is 1.38. The van der Waals surface area contributed by atoms with E-state index < -0.39 is 10.0 Å². The summed E-state index contributed by atoms with van der Waals surface area (Å²) in [5, 5.41) is 5.15. The van der Waals surface area contributed by atoms with E-state index >= 15 is 0 Å².